The van der Waals surface area contributed by atoms with Gasteiger partial charge in [-0.1, -0.05) is 6.07 Å². The molecule has 1 aliphatic carbocycles. The summed E-state index contributed by atoms with van der Waals surface area (Å²) in [7, 11) is 0. The lowest BCUT2D eigenvalue weighted by Crippen LogP contribution is -2.48. The van der Waals surface area contributed by atoms with Gasteiger partial charge in [-0.25, -0.2) is 9.97 Å². The van der Waals surface area contributed by atoms with Crippen LogP contribution in [0.2, 0.25) is 0 Å². The summed E-state index contributed by atoms with van der Waals surface area (Å²) < 4.78 is 41.9. The first-order valence-electron chi connectivity index (χ1n) is 11.9. The minimum Gasteiger partial charge on any atom is -0.329 e. The first-order chi connectivity index (χ1) is 17.7. The van der Waals surface area contributed by atoms with Gasteiger partial charge < -0.3 is 20.1 Å². The Morgan fingerprint density at radius 1 is 1.22 bits per heavy atom. The molecule has 192 valence electrons. The fourth-order valence-electron chi connectivity index (χ4n) is 4.84. The van der Waals surface area contributed by atoms with E-state index in [1.165, 1.54) is 18.6 Å². The number of imidazole rings is 1. The number of aromatic nitrogens is 4. The first-order valence-corrected chi connectivity index (χ1v) is 11.9. The number of alkyl halides is 3. The van der Waals surface area contributed by atoms with E-state index in [1.54, 1.807) is 29.1 Å². The second-order valence-corrected chi connectivity index (χ2v) is 9.45. The molecule has 3 aromatic rings. The number of hydrogen-bond acceptors (Lipinski definition) is 8. The van der Waals surface area contributed by atoms with Crippen LogP contribution in [0.25, 0.3) is 5.69 Å². The number of rotatable bonds is 5. The molecule has 10 nitrogen and oxygen atoms in total. The standard InChI is InChI=1S/C24H24F3N9O/c1-23(34-31-13-36(23)14-5-6-14)18-3-2-4-19(32-18)33-22(37)16-11-15(7-9-28-16)35-12-30-20-17(35)8-10-29-21(20)24(25,26)27/h2-4,7,9,11-14,21,29,34H,5-6,8,10H2,1H3,(H,32,33,37). The largest absolute Gasteiger partial charge is 0.409 e. The van der Waals surface area contributed by atoms with E-state index in [4.69, 9.17) is 0 Å². The number of amides is 1. The van der Waals surface area contributed by atoms with Crippen LogP contribution in [-0.2, 0) is 12.1 Å². The van der Waals surface area contributed by atoms with Gasteiger partial charge in [-0.05, 0) is 44.0 Å². The highest BCUT2D eigenvalue weighted by molar-refractivity contribution is 6.02. The lowest BCUT2D eigenvalue weighted by molar-refractivity contribution is -0.159. The molecule has 3 aromatic heterocycles. The van der Waals surface area contributed by atoms with E-state index in [0.717, 1.165) is 12.8 Å². The molecule has 3 aliphatic rings. The van der Waals surface area contributed by atoms with Crippen LogP contribution in [0.5, 0.6) is 0 Å². The highest BCUT2D eigenvalue weighted by Gasteiger charge is 2.46. The van der Waals surface area contributed by atoms with Crippen molar-refractivity contribution in [1.82, 2.24) is 35.2 Å². The zero-order valence-corrected chi connectivity index (χ0v) is 19.8. The maximum absolute atomic E-state index is 13.4. The predicted octanol–water partition coefficient (Wildman–Crippen LogP) is 2.85. The molecule has 5 heterocycles. The van der Waals surface area contributed by atoms with Crippen LogP contribution in [0.1, 0.15) is 53.4 Å². The maximum atomic E-state index is 13.4. The average molecular weight is 512 g/mol. The van der Waals surface area contributed by atoms with Gasteiger partial charge in [-0.2, -0.15) is 18.3 Å². The summed E-state index contributed by atoms with van der Waals surface area (Å²) in [6.45, 7) is 2.16. The number of hydrogen-bond donors (Lipinski definition) is 3. The molecular weight excluding hydrogens is 487 g/mol. The van der Waals surface area contributed by atoms with Crippen LogP contribution >= 0.6 is 0 Å². The highest BCUT2D eigenvalue weighted by Crippen LogP contribution is 2.38. The van der Waals surface area contributed by atoms with Crippen LogP contribution in [0.4, 0.5) is 19.0 Å². The second kappa shape index (κ2) is 8.54. The van der Waals surface area contributed by atoms with Crippen LogP contribution in [-0.4, -0.2) is 55.4 Å². The number of nitrogens with zero attached hydrogens (tertiary/aromatic N) is 6. The Hall–Kier alpha value is -4.00. The van der Waals surface area contributed by atoms with Gasteiger partial charge in [0, 0.05) is 30.9 Å². The fourth-order valence-corrected chi connectivity index (χ4v) is 4.84. The van der Waals surface area contributed by atoms with Gasteiger partial charge in [0.2, 0.25) is 0 Å². The summed E-state index contributed by atoms with van der Waals surface area (Å²) >= 11 is 0. The SMILES string of the molecule is CC1(c2cccc(NC(=O)c3cc(-n4cnc5c4CCNC5C(F)(F)F)ccn3)n2)NN=CN1C1CC1. The molecule has 13 heteroatoms. The molecule has 37 heavy (non-hydrogen) atoms. The normalized spacial score (nSPS) is 23.0. The molecular formula is C24H24F3N9O. The van der Waals surface area contributed by atoms with Gasteiger partial charge >= 0.3 is 6.18 Å². The van der Waals surface area contributed by atoms with E-state index in [1.807, 2.05) is 13.0 Å². The number of halogens is 3. The molecule has 0 saturated heterocycles. The van der Waals surface area contributed by atoms with Crippen LogP contribution in [0, 0.1) is 0 Å². The lowest BCUT2D eigenvalue weighted by Gasteiger charge is -2.34. The third kappa shape index (κ3) is 4.18. The molecule has 2 unspecified atom stereocenters. The highest BCUT2D eigenvalue weighted by atomic mass is 19.4. The third-order valence-electron chi connectivity index (χ3n) is 6.87. The molecule has 1 saturated carbocycles. The van der Waals surface area contributed by atoms with Crippen molar-refractivity contribution in [2.45, 2.75) is 50.1 Å². The van der Waals surface area contributed by atoms with Crippen molar-refractivity contribution in [2.24, 2.45) is 5.10 Å². The number of fused-ring (bicyclic) bond motifs is 1. The van der Waals surface area contributed by atoms with E-state index in [-0.39, 0.29) is 17.9 Å². The number of carbonyl (C=O) groups is 1. The minimum absolute atomic E-state index is 0.0548. The maximum Gasteiger partial charge on any atom is 0.409 e. The average Bonchev–Trinajstić information content (AvgIpc) is 3.50. The van der Waals surface area contributed by atoms with Crippen LogP contribution < -0.4 is 16.1 Å². The molecule has 0 spiro atoms. The van der Waals surface area contributed by atoms with Crippen molar-refractivity contribution < 1.29 is 18.0 Å². The third-order valence-corrected chi connectivity index (χ3v) is 6.87. The number of anilines is 1. The number of pyridine rings is 2. The monoisotopic (exact) mass is 511 g/mol. The Labute approximate surface area is 210 Å². The summed E-state index contributed by atoms with van der Waals surface area (Å²) in [5.41, 5.74) is 4.19. The Balaban J connectivity index is 1.23. The molecule has 6 rings (SSSR count). The zero-order chi connectivity index (χ0) is 25.8. The molecule has 0 radical (unpaired) electrons. The van der Waals surface area contributed by atoms with Crippen molar-refractivity contribution in [3.05, 3.63) is 65.6 Å². The number of nitrogens with one attached hydrogen (secondary N) is 3. The van der Waals surface area contributed by atoms with E-state index in [9.17, 15) is 18.0 Å². The van der Waals surface area contributed by atoms with Crippen molar-refractivity contribution >= 4 is 18.1 Å². The van der Waals surface area contributed by atoms with E-state index in [0.29, 0.717) is 35.4 Å². The van der Waals surface area contributed by atoms with E-state index >= 15 is 0 Å². The van der Waals surface area contributed by atoms with Crippen molar-refractivity contribution in [2.75, 3.05) is 11.9 Å². The van der Waals surface area contributed by atoms with Gasteiger partial charge in [0.25, 0.3) is 5.91 Å². The Morgan fingerprint density at radius 2 is 2.05 bits per heavy atom. The number of hydrazone groups is 1. The molecule has 0 aromatic carbocycles. The predicted molar refractivity (Wildman–Crippen MR) is 128 cm³/mol. The van der Waals surface area contributed by atoms with E-state index in [2.05, 4.69) is 41.0 Å². The topological polar surface area (TPSA) is 112 Å². The Morgan fingerprint density at radius 3 is 2.84 bits per heavy atom. The van der Waals surface area contributed by atoms with Crippen LogP contribution in [0.15, 0.2) is 48.0 Å². The smallest absolute Gasteiger partial charge is 0.329 e. The van der Waals surface area contributed by atoms with Crippen molar-refractivity contribution in [1.29, 1.82) is 0 Å². The molecule has 2 atom stereocenters. The van der Waals surface area contributed by atoms with E-state index < -0.39 is 23.8 Å². The van der Waals surface area contributed by atoms with Gasteiger partial charge in [0.15, 0.2) is 5.66 Å². The van der Waals surface area contributed by atoms with Gasteiger partial charge in [0.1, 0.15) is 23.9 Å². The Bertz CT molecular complexity index is 1380. The van der Waals surface area contributed by atoms with Crippen molar-refractivity contribution in [3.63, 3.8) is 0 Å². The van der Waals surface area contributed by atoms with Gasteiger partial charge in [-0.3, -0.25) is 15.2 Å². The molecule has 3 N–H and O–H groups in total. The molecule has 0 bridgehead atoms. The molecule has 1 fully saturated rings. The first kappa shape index (κ1) is 23.4. The molecule has 1 amide bonds. The zero-order valence-electron chi connectivity index (χ0n) is 19.8. The summed E-state index contributed by atoms with van der Waals surface area (Å²) in [4.78, 5) is 28.0. The summed E-state index contributed by atoms with van der Waals surface area (Å²) in [5.74, 6) is -0.144. The summed E-state index contributed by atoms with van der Waals surface area (Å²) in [6, 6.07) is 7.10. The number of carbonyl (C=O) groups excluding carboxylic acids is 1. The molecule has 2 aliphatic heterocycles. The van der Waals surface area contributed by atoms with Gasteiger partial charge in [0.05, 0.1) is 23.4 Å². The Kier molecular flexibility index (Phi) is 5.40. The van der Waals surface area contributed by atoms with Crippen LogP contribution in [0.3, 0.4) is 0 Å². The summed E-state index contributed by atoms with van der Waals surface area (Å²) in [5, 5.41) is 9.47. The van der Waals surface area contributed by atoms with Gasteiger partial charge in [-0.15, -0.1) is 0 Å². The lowest BCUT2D eigenvalue weighted by atomic mass is 10.0. The quantitative estimate of drug-likeness (QED) is 0.483. The second-order valence-electron chi connectivity index (χ2n) is 9.45. The van der Waals surface area contributed by atoms with Crippen molar-refractivity contribution in [3.8, 4) is 5.69 Å². The fraction of sp³-hybridized carbons (Fsp3) is 0.375. The summed E-state index contributed by atoms with van der Waals surface area (Å²) in [6.07, 6.45) is 2.67. The minimum atomic E-state index is -4.45.